The summed E-state index contributed by atoms with van der Waals surface area (Å²) in [6.45, 7) is 0. The van der Waals surface area contributed by atoms with Crippen LogP contribution in [0, 0.1) is 0 Å². The Bertz CT molecular complexity index is 894. The van der Waals surface area contributed by atoms with E-state index in [1.807, 2.05) is 60.7 Å². The van der Waals surface area contributed by atoms with Crippen LogP contribution in [-0.4, -0.2) is 23.8 Å². The van der Waals surface area contributed by atoms with E-state index < -0.39 is 11.7 Å². The van der Waals surface area contributed by atoms with Crippen LogP contribution in [0.4, 0.5) is 0 Å². The fourth-order valence-corrected chi connectivity index (χ4v) is 3.08. The number of rotatable bonds is 7. The lowest BCUT2D eigenvalue weighted by Crippen LogP contribution is -2.18. The largest absolute Gasteiger partial charge is 0.507 e. The van der Waals surface area contributed by atoms with Gasteiger partial charge in [-0.25, -0.2) is 0 Å². The molecule has 0 spiro atoms. The maximum Gasteiger partial charge on any atom is 0.173 e. The number of phenols is 1. The zero-order chi connectivity index (χ0) is 19.2. The highest BCUT2D eigenvalue weighted by molar-refractivity contribution is 6.11. The van der Waals surface area contributed by atoms with E-state index in [4.69, 9.17) is 4.74 Å². The molecule has 0 bridgehead atoms. The van der Waals surface area contributed by atoms with Gasteiger partial charge in [-0.2, -0.15) is 0 Å². The van der Waals surface area contributed by atoms with Gasteiger partial charge >= 0.3 is 0 Å². The van der Waals surface area contributed by atoms with Crippen molar-refractivity contribution >= 4 is 11.6 Å². The molecule has 0 fully saturated rings. The van der Waals surface area contributed by atoms with Crippen molar-refractivity contribution in [2.75, 3.05) is 7.11 Å². The maximum atomic E-state index is 13.0. The van der Waals surface area contributed by atoms with E-state index in [0.717, 1.165) is 11.1 Å². The van der Waals surface area contributed by atoms with Crippen molar-refractivity contribution in [1.82, 2.24) is 0 Å². The summed E-state index contributed by atoms with van der Waals surface area (Å²) >= 11 is 0. The molecule has 0 radical (unpaired) electrons. The summed E-state index contributed by atoms with van der Waals surface area (Å²) < 4.78 is 5.03. The predicted octanol–water partition coefficient (Wildman–Crippen LogP) is 4.37. The molecule has 0 aliphatic carbocycles. The Hall–Kier alpha value is -3.40. The quantitative estimate of drug-likeness (QED) is 0.502. The van der Waals surface area contributed by atoms with Gasteiger partial charge in [0.1, 0.15) is 11.5 Å². The number of hydrogen-bond acceptors (Lipinski definition) is 4. The smallest absolute Gasteiger partial charge is 0.173 e. The SMILES string of the molecule is COc1ccc(C(=O)CC(=O)C(c2ccccc2)c2ccccc2)c(O)c1. The normalized spacial score (nSPS) is 10.6. The minimum atomic E-state index is -0.531. The van der Waals surface area contributed by atoms with Gasteiger partial charge in [-0.05, 0) is 23.3 Å². The number of methoxy groups -OCH3 is 1. The number of aromatic hydroxyl groups is 1. The van der Waals surface area contributed by atoms with Crippen molar-refractivity contribution in [2.24, 2.45) is 0 Å². The minimum Gasteiger partial charge on any atom is -0.507 e. The summed E-state index contributed by atoms with van der Waals surface area (Å²) in [4.78, 5) is 25.7. The molecule has 0 heterocycles. The molecule has 0 saturated heterocycles. The summed E-state index contributed by atoms with van der Waals surface area (Å²) in [7, 11) is 1.48. The van der Waals surface area contributed by atoms with E-state index in [0.29, 0.717) is 5.75 Å². The second kappa shape index (κ2) is 8.32. The molecule has 3 rings (SSSR count). The number of phenolic OH excluding ortho intramolecular Hbond substituents is 1. The fourth-order valence-electron chi connectivity index (χ4n) is 3.08. The van der Waals surface area contributed by atoms with Crippen LogP contribution in [0.2, 0.25) is 0 Å². The van der Waals surface area contributed by atoms with Crippen LogP contribution in [0.5, 0.6) is 11.5 Å². The highest BCUT2D eigenvalue weighted by atomic mass is 16.5. The van der Waals surface area contributed by atoms with E-state index in [-0.39, 0.29) is 23.5 Å². The molecule has 0 aliphatic rings. The van der Waals surface area contributed by atoms with Crippen molar-refractivity contribution in [3.8, 4) is 11.5 Å². The molecule has 0 unspecified atom stereocenters. The van der Waals surface area contributed by atoms with Crippen LogP contribution in [0.3, 0.4) is 0 Å². The Morgan fingerprint density at radius 3 is 1.93 bits per heavy atom. The van der Waals surface area contributed by atoms with Crippen molar-refractivity contribution in [3.05, 3.63) is 95.6 Å². The van der Waals surface area contributed by atoms with E-state index in [1.54, 1.807) is 6.07 Å². The first-order chi connectivity index (χ1) is 13.1. The molecule has 3 aromatic carbocycles. The zero-order valence-corrected chi connectivity index (χ0v) is 15.0. The number of ether oxygens (including phenoxy) is 1. The summed E-state index contributed by atoms with van der Waals surface area (Å²) in [5.41, 5.74) is 1.78. The Morgan fingerprint density at radius 1 is 0.889 bits per heavy atom. The molecule has 0 amide bonds. The van der Waals surface area contributed by atoms with Gasteiger partial charge < -0.3 is 9.84 Å². The fraction of sp³-hybridized carbons (Fsp3) is 0.130. The molecule has 1 N–H and O–H groups in total. The summed E-state index contributed by atoms with van der Waals surface area (Å²) in [6.07, 6.45) is -0.297. The Kier molecular flexibility index (Phi) is 5.67. The Balaban J connectivity index is 1.88. The van der Waals surface area contributed by atoms with Crippen molar-refractivity contribution in [3.63, 3.8) is 0 Å². The van der Waals surface area contributed by atoms with Crippen LogP contribution in [0.1, 0.15) is 33.8 Å². The van der Waals surface area contributed by atoms with E-state index in [1.165, 1.54) is 19.2 Å². The second-order valence-corrected chi connectivity index (χ2v) is 6.20. The van der Waals surface area contributed by atoms with Gasteiger partial charge in [-0.15, -0.1) is 0 Å². The molecule has 0 aromatic heterocycles. The van der Waals surface area contributed by atoms with Crippen molar-refractivity contribution in [1.29, 1.82) is 0 Å². The van der Waals surface area contributed by atoms with E-state index >= 15 is 0 Å². The van der Waals surface area contributed by atoms with Crippen LogP contribution < -0.4 is 4.74 Å². The minimum absolute atomic E-state index is 0.115. The third-order valence-electron chi connectivity index (χ3n) is 4.43. The standard InChI is InChI=1S/C23H20O4/c1-27-18-12-13-19(20(24)14-18)21(25)15-22(26)23(16-8-4-2-5-9-16)17-10-6-3-7-11-17/h2-14,23-24H,15H2,1H3. The maximum absolute atomic E-state index is 13.0. The molecule has 136 valence electrons. The number of Topliss-reactive ketones (excluding diaryl/α,β-unsaturated/α-hetero) is 2. The first kappa shape index (κ1) is 18.4. The first-order valence-electron chi connectivity index (χ1n) is 8.63. The monoisotopic (exact) mass is 360 g/mol. The number of hydrogen-bond donors (Lipinski definition) is 1. The van der Waals surface area contributed by atoms with Crippen LogP contribution in [0.15, 0.2) is 78.9 Å². The average molecular weight is 360 g/mol. The number of ketones is 2. The average Bonchev–Trinajstić information content (AvgIpc) is 2.69. The lowest BCUT2D eigenvalue weighted by Gasteiger charge is -2.17. The first-order valence-corrected chi connectivity index (χ1v) is 8.63. The van der Waals surface area contributed by atoms with Crippen LogP contribution >= 0.6 is 0 Å². The molecule has 0 atom stereocenters. The van der Waals surface area contributed by atoms with Gasteiger partial charge in [0.25, 0.3) is 0 Å². The van der Waals surface area contributed by atoms with Crippen LogP contribution in [-0.2, 0) is 4.79 Å². The van der Waals surface area contributed by atoms with Gasteiger partial charge in [0.2, 0.25) is 0 Å². The zero-order valence-electron chi connectivity index (χ0n) is 15.0. The van der Waals surface area contributed by atoms with Crippen molar-refractivity contribution < 1.29 is 19.4 Å². The third-order valence-corrected chi connectivity index (χ3v) is 4.43. The Labute approximate surface area is 158 Å². The highest BCUT2D eigenvalue weighted by Gasteiger charge is 2.25. The summed E-state index contributed by atoms with van der Waals surface area (Å²) in [5.74, 6) is -0.911. The molecule has 27 heavy (non-hydrogen) atoms. The highest BCUT2D eigenvalue weighted by Crippen LogP contribution is 2.29. The molecular weight excluding hydrogens is 340 g/mol. The summed E-state index contributed by atoms with van der Waals surface area (Å²) in [6, 6.07) is 23.2. The summed E-state index contributed by atoms with van der Waals surface area (Å²) in [5, 5.41) is 10.1. The number of benzene rings is 3. The van der Waals surface area contributed by atoms with Crippen LogP contribution in [0.25, 0.3) is 0 Å². The van der Waals surface area contributed by atoms with E-state index in [9.17, 15) is 14.7 Å². The van der Waals surface area contributed by atoms with Gasteiger partial charge in [0, 0.05) is 6.07 Å². The molecule has 4 heteroatoms. The predicted molar refractivity (Wildman–Crippen MR) is 103 cm³/mol. The lowest BCUT2D eigenvalue weighted by atomic mass is 9.85. The van der Waals surface area contributed by atoms with Gasteiger partial charge in [0.15, 0.2) is 11.6 Å². The molecule has 3 aromatic rings. The molecule has 0 saturated carbocycles. The molecular formula is C23H20O4. The lowest BCUT2D eigenvalue weighted by molar-refractivity contribution is -0.118. The van der Waals surface area contributed by atoms with Crippen molar-refractivity contribution in [2.45, 2.75) is 12.3 Å². The second-order valence-electron chi connectivity index (χ2n) is 6.20. The van der Waals surface area contributed by atoms with Gasteiger partial charge in [-0.1, -0.05) is 60.7 Å². The van der Waals surface area contributed by atoms with E-state index in [2.05, 4.69) is 0 Å². The Morgan fingerprint density at radius 2 is 1.44 bits per heavy atom. The topological polar surface area (TPSA) is 63.6 Å². The third kappa shape index (κ3) is 4.23. The molecule has 4 nitrogen and oxygen atoms in total. The van der Waals surface area contributed by atoms with Gasteiger partial charge in [0.05, 0.1) is 25.0 Å². The van der Waals surface area contributed by atoms with Gasteiger partial charge in [-0.3, -0.25) is 9.59 Å². The molecule has 0 aliphatic heterocycles. The number of carbonyl (C=O) groups is 2. The number of carbonyl (C=O) groups excluding carboxylic acids is 2.